The van der Waals surface area contributed by atoms with E-state index in [9.17, 15) is 4.79 Å². The third-order valence-corrected chi connectivity index (χ3v) is 3.19. The summed E-state index contributed by atoms with van der Waals surface area (Å²) >= 11 is 0. The molecule has 1 saturated carbocycles. The number of anilines is 1. The van der Waals surface area contributed by atoms with Crippen LogP contribution in [-0.2, 0) is 4.79 Å². The molecule has 1 aliphatic heterocycles. The predicted molar refractivity (Wildman–Crippen MR) is 66.8 cm³/mol. The second kappa shape index (κ2) is 4.49. The smallest absolute Gasteiger partial charge is 0.229 e. The first-order valence-corrected chi connectivity index (χ1v) is 6.20. The van der Waals surface area contributed by atoms with E-state index in [1.54, 1.807) is 6.07 Å². The third kappa shape index (κ3) is 2.26. The number of hydrogen-bond donors (Lipinski definition) is 2. The van der Waals surface area contributed by atoms with Crippen molar-refractivity contribution in [3.05, 3.63) is 18.2 Å². The Morgan fingerprint density at radius 1 is 1.28 bits per heavy atom. The number of carbonyl (C=O) groups excluding carboxylic acids is 1. The average Bonchev–Trinajstić information content (AvgIpc) is 3.11. The van der Waals surface area contributed by atoms with Crippen molar-refractivity contribution in [3.8, 4) is 11.5 Å². The van der Waals surface area contributed by atoms with Gasteiger partial charge in [0.2, 0.25) is 5.91 Å². The maximum Gasteiger partial charge on any atom is 0.229 e. The van der Waals surface area contributed by atoms with Gasteiger partial charge in [-0.05, 0) is 18.6 Å². The molecule has 1 aromatic rings. The molecule has 2 aliphatic rings. The molecule has 18 heavy (non-hydrogen) atoms. The number of fused-ring (bicyclic) bond motifs is 1. The molecule has 0 radical (unpaired) electrons. The van der Waals surface area contributed by atoms with Crippen LogP contribution in [0.3, 0.4) is 0 Å². The van der Waals surface area contributed by atoms with Crippen LogP contribution >= 0.6 is 0 Å². The maximum atomic E-state index is 11.8. The SMILES string of the molecule is NC1CC1C(=O)Nc1ccc2c(c1)OCCCO2. The topological polar surface area (TPSA) is 73.6 Å². The standard InChI is InChI=1S/C13H16N2O3/c14-10-7-9(10)13(16)15-8-2-3-11-12(6-8)18-5-1-4-17-11/h2-3,6,9-10H,1,4-5,7,14H2,(H,15,16). The Morgan fingerprint density at radius 3 is 2.72 bits per heavy atom. The van der Waals surface area contributed by atoms with E-state index >= 15 is 0 Å². The Bertz CT molecular complexity index is 475. The zero-order chi connectivity index (χ0) is 12.5. The van der Waals surface area contributed by atoms with Crippen LogP contribution in [0.25, 0.3) is 0 Å². The first kappa shape index (κ1) is 11.3. The van der Waals surface area contributed by atoms with E-state index in [1.807, 2.05) is 12.1 Å². The predicted octanol–water partition coefficient (Wildman–Crippen LogP) is 1.13. The summed E-state index contributed by atoms with van der Waals surface area (Å²) in [6, 6.07) is 5.46. The van der Waals surface area contributed by atoms with Crippen LogP contribution in [0.1, 0.15) is 12.8 Å². The zero-order valence-corrected chi connectivity index (χ0v) is 10.0. The number of amides is 1. The van der Waals surface area contributed by atoms with Gasteiger partial charge in [-0.25, -0.2) is 0 Å². The van der Waals surface area contributed by atoms with Gasteiger partial charge < -0.3 is 20.5 Å². The highest BCUT2D eigenvalue weighted by atomic mass is 16.5. The molecule has 3 rings (SSSR count). The molecule has 1 heterocycles. The van der Waals surface area contributed by atoms with E-state index in [-0.39, 0.29) is 17.9 Å². The molecule has 2 unspecified atom stereocenters. The molecule has 0 aromatic heterocycles. The second-order valence-electron chi connectivity index (χ2n) is 4.71. The molecule has 1 fully saturated rings. The molecule has 2 atom stereocenters. The van der Waals surface area contributed by atoms with Crippen molar-refractivity contribution in [3.63, 3.8) is 0 Å². The van der Waals surface area contributed by atoms with Crippen molar-refractivity contribution < 1.29 is 14.3 Å². The number of benzene rings is 1. The van der Waals surface area contributed by atoms with E-state index in [0.29, 0.717) is 19.0 Å². The van der Waals surface area contributed by atoms with Gasteiger partial charge in [0.25, 0.3) is 0 Å². The van der Waals surface area contributed by atoms with Crippen molar-refractivity contribution >= 4 is 11.6 Å². The summed E-state index contributed by atoms with van der Waals surface area (Å²) in [5.74, 6) is 1.36. The lowest BCUT2D eigenvalue weighted by Crippen LogP contribution is -2.18. The molecule has 5 heteroatoms. The number of nitrogens with one attached hydrogen (secondary N) is 1. The summed E-state index contributed by atoms with van der Waals surface area (Å²) in [6.45, 7) is 1.30. The minimum atomic E-state index is -0.0408. The van der Waals surface area contributed by atoms with Gasteiger partial charge in [0.15, 0.2) is 11.5 Å². The summed E-state index contributed by atoms with van der Waals surface area (Å²) in [5, 5.41) is 2.85. The summed E-state index contributed by atoms with van der Waals surface area (Å²) in [4.78, 5) is 11.8. The molecule has 1 aliphatic carbocycles. The number of ether oxygens (including phenoxy) is 2. The summed E-state index contributed by atoms with van der Waals surface area (Å²) in [5.41, 5.74) is 6.37. The van der Waals surface area contributed by atoms with Gasteiger partial charge in [-0.3, -0.25) is 4.79 Å². The summed E-state index contributed by atoms with van der Waals surface area (Å²) < 4.78 is 11.1. The van der Waals surface area contributed by atoms with E-state index in [2.05, 4.69) is 5.32 Å². The number of hydrogen-bond acceptors (Lipinski definition) is 4. The number of rotatable bonds is 2. The quantitative estimate of drug-likeness (QED) is 0.823. The van der Waals surface area contributed by atoms with Crippen LogP contribution in [0.2, 0.25) is 0 Å². The highest BCUT2D eigenvalue weighted by Crippen LogP contribution is 2.34. The monoisotopic (exact) mass is 248 g/mol. The van der Waals surface area contributed by atoms with Gasteiger partial charge >= 0.3 is 0 Å². The summed E-state index contributed by atoms with van der Waals surface area (Å²) in [6.07, 6.45) is 1.64. The van der Waals surface area contributed by atoms with Gasteiger partial charge in [0.1, 0.15) is 0 Å². The number of nitrogens with two attached hydrogens (primary N) is 1. The van der Waals surface area contributed by atoms with Crippen LogP contribution in [0, 0.1) is 5.92 Å². The Labute approximate surface area is 105 Å². The molecule has 3 N–H and O–H groups in total. The largest absolute Gasteiger partial charge is 0.490 e. The minimum absolute atomic E-state index is 0.0167. The Balaban J connectivity index is 1.73. The molecule has 96 valence electrons. The van der Waals surface area contributed by atoms with Crippen molar-refractivity contribution in [1.29, 1.82) is 0 Å². The molecule has 0 spiro atoms. The van der Waals surface area contributed by atoms with Gasteiger partial charge in [-0.1, -0.05) is 0 Å². The zero-order valence-electron chi connectivity index (χ0n) is 10.0. The third-order valence-electron chi connectivity index (χ3n) is 3.19. The Kier molecular flexibility index (Phi) is 2.83. The first-order chi connectivity index (χ1) is 8.74. The molecule has 1 aromatic carbocycles. The fraction of sp³-hybridized carbons (Fsp3) is 0.462. The summed E-state index contributed by atoms with van der Waals surface area (Å²) in [7, 11) is 0. The van der Waals surface area contributed by atoms with Crippen molar-refractivity contribution in [2.75, 3.05) is 18.5 Å². The van der Waals surface area contributed by atoms with Crippen LogP contribution in [0.5, 0.6) is 11.5 Å². The molecule has 0 saturated heterocycles. The highest BCUT2D eigenvalue weighted by Gasteiger charge is 2.40. The van der Waals surface area contributed by atoms with Crippen molar-refractivity contribution in [2.24, 2.45) is 11.7 Å². The van der Waals surface area contributed by atoms with Crippen LogP contribution in [0.4, 0.5) is 5.69 Å². The molecule has 1 amide bonds. The van der Waals surface area contributed by atoms with Gasteiger partial charge in [0.05, 0.1) is 19.1 Å². The average molecular weight is 248 g/mol. The van der Waals surface area contributed by atoms with Crippen molar-refractivity contribution in [2.45, 2.75) is 18.9 Å². The van der Waals surface area contributed by atoms with E-state index in [1.165, 1.54) is 0 Å². The van der Waals surface area contributed by atoms with Crippen LogP contribution in [-0.4, -0.2) is 25.2 Å². The second-order valence-corrected chi connectivity index (χ2v) is 4.71. The lowest BCUT2D eigenvalue weighted by Gasteiger charge is -2.10. The van der Waals surface area contributed by atoms with Gasteiger partial charge in [-0.15, -0.1) is 0 Å². The normalized spacial score (nSPS) is 25.2. The van der Waals surface area contributed by atoms with Gasteiger partial charge in [0, 0.05) is 24.2 Å². The fourth-order valence-corrected chi connectivity index (χ4v) is 1.99. The first-order valence-electron chi connectivity index (χ1n) is 6.20. The molecular weight excluding hydrogens is 232 g/mol. The lowest BCUT2D eigenvalue weighted by molar-refractivity contribution is -0.117. The van der Waals surface area contributed by atoms with Crippen LogP contribution < -0.4 is 20.5 Å². The molecular formula is C13H16N2O3. The maximum absolute atomic E-state index is 11.8. The number of carbonyl (C=O) groups is 1. The Morgan fingerprint density at radius 2 is 2.00 bits per heavy atom. The van der Waals surface area contributed by atoms with Crippen molar-refractivity contribution in [1.82, 2.24) is 0 Å². The molecule has 5 nitrogen and oxygen atoms in total. The van der Waals surface area contributed by atoms with E-state index in [0.717, 1.165) is 24.3 Å². The minimum Gasteiger partial charge on any atom is -0.490 e. The van der Waals surface area contributed by atoms with Crippen LogP contribution in [0.15, 0.2) is 18.2 Å². The van der Waals surface area contributed by atoms with E-state index < -0.39 is 0 Å². The fourth-order valence-electron chi connectivity index (χ4n) is 1.99. The highest BCUT2D eigenvalue weighted by molar-refractivity contribution is 5.95. The Hall–Kier alpha value is -1.75. The molecule has 0 bridgehead atoms. The van der Waals surface area contributed by atoms with E-state index in [4.69, 9.17) is 15.2 Å². The van der Waals surface area contributed by atoms with Gasteiger partial charge in [-0.2, -0.15) is 0 Å². The lowest BCUT2D eigenvalue weighted by atomic mass is 10.2.